The first-order chi connectivity index (χ1) is 14.0. The van der Waals surface area contributed by atoms with Crippen molar-refractivity contribution in [2.24, 2.45) is 0 Å². The van der Waals surface area contributed by atoms with Crippen molar-refractivity contribution in [1.82, 2.24) is 0 Å². The van der Waals surface area contributed by atoms with Crippen LogP contribution < -0.4 is 16.4 Å². The highest BCUT2D eigenvalue weighted by Crippen LogP contribution is 2.35. The van der Waals surface area contributed by atoms with Crippen molar-refractivity contribution in [2.45, 2.75) is 0 Å². The Kier molecular flexibility index (Phi) is 9.73. The van der Waals surface area contributed by atoms with Gasteiger partial charge in [0.2, 0.25) is 0 Å². The van der Waals surface area contributed by atoms with Crippen LogP contribution in [0.2, 0.25) is 20.1 Å². The van der Waals surface area contributed by atoms with Gasteiger partial charge < -0.3 is 15.2 Å². The van der Waals surface area contributed by atoms with Crippen LogP contribution in [0.3, 0.4) is 0 Å². The number of anilines is 3. The maximum Gasteiger partial charge on any atom is 0.411 e. The molecule has 2 amide bonds. The Morgan fingerprint density at radius 1 is 0.900 bits per heavy atom. The zero-order valence-electron chi connectivity index (χ0n) is 15.3. The van der Waals surface area contributed by atoms with E-state index in [0.29, 0.717) is 10.7 Å². The minimum Gasteiger partial charge on any atom is -0.453 e. The van der Waals surface area contributed by atoms with Crippen LogP contribution in [0, 0.1) is 10.1 Å². The predicted molar refractivity (Wildman–Crippen MR) is 116 cm³/mol. The van der Waals surface area contributed by atoms with Crippen molar-refractivity contribution < 1.29 is 24.0 Å². The first-order valence-corrected chi connectivity index (χ1v) is 9.09. The van der Waals surface area contributed by atoms with Gasteiger partial charge in [-0.2, -0.15) is 0 Å². The van der Waals surface area contributed by atoms with Crippen LogP contribution >= 0.6 is 46.4 Å². The largest absolute Gasteiger partial charge is 0.453 e. The second kappa shape index (κ2) is 11.5. The number of amides is 2. The molecule has 0 spiro atoms. The summed E-state index contributed by atoms with van der Waals surface area (Å²) in [5.41, 5.74) is 5.62. The van der Waals surface area contributed by atoms with Gasteiger partial charge >= 0.3 is 17.9 Å². The summed E-state index contributed by atoms with van der Waals surface area (Å²) in [6, 6.07) is 5.40. The van der Waals surface area contributed by atoms with Gasteiger partial charge in [0.05, 0.1) is 35.5 Å². The molecule has 10 nitrogen and oxygen atoms in total. The van der Waals surface area contributed by atoms with E-state index in [1.165, 1.54) is 31.4 Å². The molecule has 0 radical (unpaired) electrons. The number of halogens is 4. The molecule has 0 unspecified atom stereocenters. The highest BCUT2D eigenvalue weighted by Gasteiger charge is 2.21. The Hall–Kier alpha value is -2.66. The van der Waals surface area contributed by atoms with Gasteiger partial charge in [-0.15, -0.1) is 0 Å². The Bertz CT molecular complexity index is 973. The van der Waals surface area contributed by atoms with Crippen molar-refractivity contribution >= 4 is 81.3 Å². The molecule has 0 heterocycles. The van der Waals surface area contributed by atoms with Crippen LogP contribution in [0.15, 0.2) is 24.3 Å². The highest BCUT2D eigenvalue weighted by atomic mass is 35.5. The zero-order chi connectivity index (χ0) is 23.0. The van der Waals surface area contributed by atoms with Crippen LogP contribution in [-0.2, 0) is 9.47 Å². The molecule has 2 aromatic carbocycles. The number of hydrogen-bond acceptors (Lipinski definition) is 7. The van der Waals surface area contributed by atoms with Crippen LogP contribution in [-0.4, -0.2) is 31.3 Å². The lowest BCUT2D eigenvalue weighted by Crippen LogP contribution is -2.12. The fourth-order valence-electron chi connectivity index (χ4n) is 1.86. The summed E-state index contributed by atoms with van der Waals surface area (Å²) in [7, 11) is 2.38. The highest BCUT2D eigenvalue weighted by molar-refractivity contribution is 6.37. The molecular formula is C16H14Cl4N4O6. The number of carbonyl (C=O) groups excluding carboxylic acids is 2. The summed E-state index contributed by atoms with van der Waals surface area (Å²) in [5, 5.41) is 15.9. The van der Waals surface area contributed by atoms with E-state index < -0.39 is 22.8 Å². The average molecular weight is 500 g/mol. The molecule has 0 atom stereocenters. The van der Waals surface area contributed by atoms with Gasteiger partial charge in [-0.1, -0.05) is 46.4 Å². The SMILES string of the molecule is COC(=O)Nc1cc(Cl)cc(Cl)c1N.COC(=O)Nc1cc(Cl)cc(Cl)c1[N+](=O)[O-]. The normalized spacial score (nSPS) is 9.67. The molecular weight excluding hydrogens is 486 g/mol. The number of rotatable bonds is 3. The Morgan fingerprint density at radius 3 is 1.80 bits per heavy atom. The summed E-state index contributed by atoms with van der Waals surface area (Å²) in [6.45, 7) is 0. The molecule has 4 N–H and O–H groups in total. The number of nitro groups is 1. The third-order valence-corrected chi connectivity index (χ3v) is 4.19. The molecule has 0 aliphatic rings. The third-order valence-electron chi connectivity index (χ3n) is 3.15. The monoisotopic (exact) mass is 498 g/mol. The van der Waals surface area contributed by atoms with Gasteiger partial charge in [-0.05, 0) is 24.3 Å². The molecule has 0 fully saturated rings. The van der Waals surface area contributed by atoms with Crippen molar-refractivity contribution in [3.63, 3.8) is 0 Å². The third kappa shape index (κ3) is 7.30. The smallest absolute Gasteiger partial charge is 0.411 e. The first kappa shape index (κ1) is 25.4. The summed E-state index contributed by atoms with van der Waals surface area (Å²) in [6.07, 6.45) is -1.48. The maximum atomic E-state index is 10.9. The number of ether oxygens (including phenoxy) is 2. The molecule has 0 saturated heterocycles. The number of nitrogens with zero attached hydrogens (tertiary/aromatic N) is 1. The van der Waals surface area contributed by atoms with Crippen LogP contribution in [0.4, 0.5) is 32.3 Å². The number of hydrogen-bond donors (Lipinski definition) is 3. The van der Waals surface area contributed by atoms with Crippen LogP contribution in [0.1, 0.15) is 0 Å². The van der Waals surface area contributed by atoms with E-state index in [1.54, 1.807) is 0 Å². The number of nitrogens with one attached hydrogen (secondary N) is 2. The van der Waals surface area contributed by atoms with Crippen molar-refractivity contribution in [1.29, 1.82) is 0 Å². The predicted octanol–water partition coefficient (Wildman–Crippen LogP) is 5.83. The van der Waals surface area contributed by atoms with E-state index in [9.17, 15) is 19.7 Å². The second-order valence-corrected chi connectivity index (χ2v) is 6.81. The lowest BCUT2D eigenvalue weighted by molar-refractivity contribution is -0.383. The molecule has 0 bridgehead atoms. The van der Waals surface area contributed by atoms with E-state index in [4.69, 9.17) is 52.1 Å². The van der Waals surface area contributed by atoms with Crippen molar-refractivity contribution in [2.75, 3.05) is 30.6 Å². The van der Waals surface area contributed by atoms with Gasteiger partial charge in [0.25, 0.3) is 0 Å². The van der Waals surface area contributed by atoms with E-state index in [0.717, 1.165) is 7.11 Å². The second-order valence-electron chi connectivity index (χ2n) is 5.12. The van der Waals surface area contributed by atoms with E-state index >= 15 is 0 Å². The average Bonchev–Trinajstić information content (AvgIpc) is 2.65. The molecule has 2 rings (SSSR count). The van der Waals surface area contributed by atoms with Gasteiger partial charge in [-0.3, -0.25) is 20.7 Å². The quantitative estimate of drug-likeness (QED) is 0.273. The Labute approximate surface area is 190 Å². The summed E-state index contributed by atoms with van der Waals surface area (Å²) in [5.74, 6) is 0. The van der Waals surface area contributed by atoms with Crippen LogP contribution in [0.25, 0.3) is 0 Å². The summed E-state index contributed by atoms with van der Waals surface area (Å²) in [4.78, 5) is 31.8. The van der Waals surface area contributed by atoms with Gasteiger partial charge in [0.15, 0.2) is 0 Å². The fourth-order valence-corrected chi connectivity index (χ4v) is 2.91. The number of nitrogens with two attached hydrogens (primary N) is 1. The molecule has 30 heavy (non-hydrogen) atoms. The standard InChI is InChI=1S/C8H6Cl2N2O4.C8H8Cl2N2O2/c1-16-8(13)11-6-3-4(9)2-5(10)7(6)12(14)15;1-14-8(13)12-6-3-4(9)2-5(10)7(6)11/h2-3H,1H3,(H,11,13);2-3H,11H2,1H3,(H,12,13). The molecule has 0 saturated carbocycles. The van der Waals surface area contributed by atoms with E-state index in [2.05, 4.69) is 20.1 Å². The Morgan fingerprint density at radius 2 is 1.33 bits per heavy atom. The Balaban J connectivity index is 0.000000303. The van der Waals surface area contributed by atoms with E-state index in [-0.39, 0.29) is 26.4 Å². The van der Waals surface area contributed by atoms with Gasteiger partial charge in [0.1, 0.15) is 10.7 Å². The minimum atomic E-state index is -0.846. The summed E-state index contributed by atoms with van der Waals surface area (Å²) < 4.78 is 8.71. The van der Waals surface area contributed by atoms with Gasteiger partial charge in [0, 0.05) is 10.0 Å². The molecule has 2 aromatic rings. The number of benzene rings is 2. The lowest BCUT2D eigenvalue weighted by Gasteiger charge is -2.08. The number of nitro benzene ring substituents is 1. The molecule has 14 heteroatoms. The van der Waals surface area contributed by atoms with Crippen molar-refractivity contribution in [3.05, 3.63) is 54.5 Å². The maximum absolute atomic E-state index is 10.9. The minimum absolute atomic E-state index is 0.116. The van der Waals surface area contributed by atoms with Crippen LogP contribution in [0.5, 0.6) is 0 Å². The van der Waals surface area contributed by atoms with E-state index in [1.807, 2.05) is 0 Å². The molecule has 0 aliphatic heterocycles. The number of nitrogen functional groups attached to an aromatic ring is 1. The van der Waals surface area contributed by atoms with Gasteiger partial charge in [-0.25, -0.2) is 9.59 Å². The lowest BCUT2D eigenvalue weighted by atomic mass is 10.2. The summed E-state index contributed by atoms with van der Waals surface area (Å²) >= 11 is 22.8. The topological polar surface area (TPSA) is 146 Å². The molecule has 162 valence electrons. The number of carbonyl (C=O) groups is 2. The number of methoxy groups -OCH3 is 2. The van der Waals surface area contributed by atoms with Crippen molar-refractivity contribution in [3.8, 4) is 0 Å². The molecule has 0 aliphatic carbocycles. The zero-order valence-corrected chi connectivity index (χ0v) is 18.3. The first-order valence-electron chi connectivity index (χ1n) is 7.58. The molecule has 0 aromatic heterocycles. The fraction of sp³-hybridized carbons (Fsp3) is 0.125.